The van der Waals surface area contributed by atoms with Gasteiger partial charge in [0.05, 0.1) is 34.6 Å². The lowest BCUT2D eigenvalue weighted by atomic mass is 9.92. The highest BCUT2D eigenvalue weighted by molar-refractivity contribution is 6.39. The molecular weight excluding hydrogens is 613 g/mol. The first kappa shape index (κ1) is 31.0. The Bertz CT molecular complexity index is 1730. The van der Waals surface area contributed by atoms with Gasteiger partial charge in [0, 0.05) is 41.9 Å². The van der Waals surface area contributed by atoms with E-state index in [1.807, 2.05) is 30.3 Å². The third kappa shape index (κ3) is 6.71. The van der Waals surface area contributed by atoms with Gasteiger partial charge in [0.25, 0.3) is 11.5 Å². The highest BCUT2D eigenvalue weighted by Crippen LogP contribution is 2.41. The number of nitrogens with zero attached hydrogens (tertiary/aromatic N) is 3. The van der Waals surface area contributed by atoms with E-state index in [0.717, 1.165) is 35.9 Å². The van der Waals surface area contributed by atoms with Gasteiger partial charge in [-0.15, -0.1) is 0 Å². The number of hydrogen-bond donors (Lipinski definition) is 3. The van der Waals surface area contributed by atoms with Gasteiger partial charge in [-0.2, -0.15) is 5.10 Å². The predicted octanol–water partition coefficient (Wildman–Crippen LogP) is 6.12. The summed E-state index contributed by atoms with van der Waals surface area (Å²) in [5, 5.41) is 20.9. The van der Waals surface area contributed by atoms with Crippen LogP contribution in [0.3, 0.4) is 0 Å². The van der Waals surface area contributed by atoms with Crippen LogP contribution in [0.1, 0.15) is 41.6 Å². The van der Waals surface area contributed by atoms with Gasteiger partial charge in [-0.05, 0) is 31.0 Å². The Morgan fingerprint density at radius 3 is 2.47 bits per heavy atom. The molecule has 2 aromatic heterocycles. The monoisotopic (exact) mass is 641 g/mol. The largest absolute Gasteiger partial charge is 0.481 e. The number of methoxy groups -OCH3 is 1. The fourth-order valence-corrected chi connectivity index (χ4v) is 6.04. The number of carbonyl (C=O) groups is 1. The summed E-state index contributed by atoms with van der Waals surface area (Å²) in [6.45, 7) is 0.512. The molecule has 2 aromatic carbocycles. The van der Waals surface area contributed by atoms with Crippen LogP contribution in [0.15, 0.2) is 59.4 Å². The first-order valence-corrected chi connectivity index (χ1v) is 14.9. The molecule has 0 saturated heterocycles. The number of hydrogen-bond acceptors (Lipinski definition) is 7. The van der Waals surface area contributed by atoms with Crippen molar-refractivity contribution in [3.05, 3.63) is 91.3 Å². The van der Waals surface area contributed by atoms with E-state index in [1.54, 1.807) is 25.3 Å². The number of anilines is 1. The molecule has 2 unspecified atom stereocenters. The minimum Gasteiger partial charge on any atom is -0.481 e. The number of aliphatic hydroxyl groups is 1. The number of benzene rings is 2. The average Bonchev–Trinajstić information content (AvgIpc) is 3.00. The summed E-state index contributed by atoms with van der Waals surface area (Å²) in [7, 11) is 2.98. The van der Waals surface area contributed by atoms with Crippen LogP contribution in [0.4, 0.5) is 5.69 Å². The third-order valence-electron chi connectivity index (χ3n) is 7.51. The fourth-order valence-electron chi connectivity index (χ4n) is 5.22. The van der Waals surface area contributed by atoms with E-state index in [-0.39, 0.29) is 27.9 Å². The van der Waals surface area contributed by atoms with Crippen molar-refractivity contribution in [2.24, 2.45) is 7.05 Å². The number of nitrogens with one attached hydrogen (secondary N) is 2. The standard InChI is InChI=1S/C31H30Cl3N5O4/c1-39-31(42)21(15-26(32)38-39)29(41)36-24-11-6-8-19(28(24)34)18-7-5-9-20(27(18)33)22-14-13-17(30(37-22)43-2)16-35-23-10-3-4-12-25(23)40/h5-9,11,13-15,23,25,35,40H,3-4,10,12,16H2,1-2H3,(H,36,41). The van der Waals surface area contributed by atoms with Gasteiger partial charge in [-0.25, -0.2) is 9.67 Å². The molecule has 3 N–H and O–H groups in total. The van der Waals surface area contributed by atoms with Gasteiger partial charge in [-0.3, -0.25) is 9.59 Å². The molecule has 2 atom stereocenters. The molecule has 1 amide bonds. The van der Waals surface area contributed by atoms with Crippen LogP contribution in [0, 0.1) is 0 Å². The van der Waals surface area contributed by atoms with Crippen molar-refractivity contribution in [1.29, 1.82) is 0 Å². The number of amides is 1. The van der Waals surface area contributed by atoms with Crippen LogP contribution in [-0.2, 0) is 13.6 Å². The maximum absolute atomic E-state index is 13.0. The van der Waals surface area contributed by atoms with Crippen LogP contribution in [-0.4, -0.2) is 45.0 Å². The van der Waals surface area contributed by atoms with E-state index in [0.29, 0.717) is 45.5 Å². The summed E-state index contributed by atoms with van der Waals surface area (Å²) in [6, 6.07) is 15.7. The molecule has 5 rings (SSSR count). The van der Waals surface area contributed by atoms with Crippen molar-refractivity contribution < 1.29 is 14.6 Å². The van der Waals surface area contributed by atoms with Gasteiger partial charge in [-0.1, -0.05) is 84.0 Å². The molecule has 1 fully saturated rings. The minimum atomic E-state index is -0.673. The number of ether oxygens (including phenoxy) is 1. The number of aliphatic hydroxyl groups excluding tert-OH is 1. The van der Waals surface area contributed by atoms with Crippen LogP contribution < -0.4 is 20.9 Å². The van der Waals surface area contributed by atoms with Gasteiger partial charge >= 0.3 is 0 Å². The summed E-state index contributed by atoms with van der Waals surface area (Å²) >= 11 is 19.7. The molecule has 0 spiro atoms. The number of rotatable bonds is 8. The second-order valence-corrected chi connectivity index (χ2v) is 11.4. The zero-order valence-electron chi connectivity index (χ0n) is 23.5. The molecule has 4 aromatic rings. The summed E-state index contributed by atoms with van der Waals surface area (Å²) in [4.78, 5) is 30.1. The van der Waals surface area contributed by atoms with Gasteiger partial charge in [0.15, 0.2) is 5.15 Å². The fraction of sp³-hybridized carbons (Fsp3) is 0.290. The summed E-state index contributed by atoms with van der Waals surface area (Å²) in [6.07, 6.45) is 3.52. The zero-order valence-corrected chi connectivity index (χ0v) is 25.8. The van der Waals surface area contributed by atoms with E-state index in [1.165, 1.54) is 13.1 Å². The lowest BCUT2D eigenvalue weighted by Crippen LogP contribution is -2.41. The Hall–Kier alpha value is -3.47. The van der Waals surface area contributed by atoms with Gasteiger partial charge in [0.1, 0.15) is 5.56 Å². The maximum atomic E-state index is 13.0. The molecule has 224 valence electrons. The lowest BCUT2D eigenvalue weighted by Gasteiger charge is -2.28. The predicted molar refractivity (Wildman–Crippen MR) is 169 cm³/mol. The zero-order chi connectivity index (χ0) is 30.7. The molecule has 0 radical (unpaired) electrons. The van der Waals surface area contributed by atoms with Crippen molar-refractivity contribution in [2.45, 2.75) is 44.4 Å². The van der Waals surface area contributed by atoms with Gasteiger partial charge < -0.3 is 20.5 Å². The molecule has 43 heavy (non-hydrogen) atoms. The topological polar surface area (TPSA) is 118 Å². The maximum Gasteiger partial charge on any atom is 0.279 e. The highest BCUT2D eigenvalue weighted by Gasteiger charge is 2.23. The molecule has 1 aliphatic carbocycles. The van der Waals surface area contributed by atoms with Crippen molar-refractivity contribution in [1.82, 2.24) is 20.1 Å². The van der Waals surface area contributed by atoms with Crippen molar-refractivity contribution in [3.8, 4) is 28.3 Å². The Labute approximate surface area is 263 Å². The lowest BCUT2D eigenvalue weighted by molar-refractivity contribution is 0.0901. The average molecular weight is 643 g/mol. The Balaban J connectivity index is 1.41. The van der Waals surface area contributed by atoms with E-state index >= 15 is 0 Å². The molecular formula is C31H30Cl3N5O4. The quantitative estimate of drug-likeness (QED) is 0.212. The van der Waals surface area contributed by atoms with Crippen LogP contribution in [0.2, 0.25) is 15.2 Å². The van der Waals surface area contributed by atoms with Crippen molar-refractivity contribution in [3.63, 3.8) is 0 Å². The van der Waals surface area contributed by atoms with Gasteiger partial charge in [0.2, 0.25) is 5.88 Å². The third-order valence-corrected chi connectivity index (χ3v) is 8.51. The molecule has 9 nitrogen and oxygen atoms in total. The van der Waals surface area contributed by atoms with Crippen LogP contribution in [0.25, 0.3) is 22.4 Å². The van der Waals surface area contributed by atoms with Crippen molar-refractivity contribution >= 4 is 46.4 Å². The second kappa shape index (κ2) is 13.4. The second-order valence-electron chi connectivity index (χ2n) is 10.3. The molecule has 12 heteroatoms. The minimum absolute atomic E-state index is 0.00764. The molecule has 0 bridgehead atoms. The van der Waals surface area contributed by atoms with E-state index in [2.05, 4.69) is 15.7 Å². The first-order chi connectivity index (χ1) is 20.7. The molecule has 2 heterocycles. The molecule has 1 saturated carbocycles. The summed E-state index contributed by atoms with van der Waals surface area (Å²) in [5.74, 6) is -0.213. The summed E-state index contributed by atoms with van der Waals surface area (Å²) in [5.41, 5.74) is 2.87. The number of pyridine rings is 1. The first-order valence-electron chi connectivity index (χ1n) is 13.8. The molecule has 1 aliphatic rings. The van der Waals surface area contributed by atoms with Crippen LogP contribution >= 0.6 is 34.8 Å². The Kier molecular flexibility index (Phi) is 9.68. The smallest absolute Gasteiger partial charge is 0.279 e. The van der Waals surface area contributed by atoms with E-state index < -0.39 is 11.5 Å². The Morgan fingerprint density at radius 1 is 1.02 bits per heavy atom. The SMILES string of the molecule is COc1nc(-c2cccc(-c3cccc(NC(=O)c4cc(Cl)nn(C)c4=O)c3Cl)c2Cl)ccc1CNC1CCCCC1O. The summed E-state index contributed by atoms with van der Waals surface area (Å²) < 4.78 is 6.60. The normalized spacial score (nSPS) is 16.6. The van der Waals surface area contributed by atoms with E-state index in [9.17, 15) is 14.7 Å². The van der Waals surface area contributed by atoms with Crippen LogP contribution in [0.5, 0.6) is 5.88 Å². The number of halogens is 3. The number of aromatic nitrogens is 3. The van der Waals surface area contributed by atoms with E-state index in [4.69, 9.17) is 44.5 Å². The number of carbonyl (C=O) groups excluding carboxylic acids is 1. The van der Waals surface area contributed by atoms with Crippen molar-refractivity contribution in [2.75, 3.05) is 12.4 Å². The number of aryl methyl sites for hydroxylation is 1. The highest BCUT2D eigenvalue weighted by atomic mass is 35.5. The molecule has 0 aliphatic heterocycles. The Morgan fingerprint density at radius 2 is 1.72 bits per heavy atom.